The summed E-state index contributed by atoms with van der Waals surface area (Å²) in [7, 11) is 0. The Morgan fingerprint density at radius 2 is 2.05 bits per heavy atom. The number of aliphatic carboxylic acids is 1. The van der Waals surface area contributed by atoms with Gasteiger partial charge >= 0.3 is 5.97 Å². The van der Waals surface area contributed by atoms with Crippen molar-refractivity contribution < 1.29 is 24.2 Å². The fraction of sp³-hybridized carbons (Fsp3) is 0.769. The second-order valence-electron chi connectivity index (χ2n) is 5.52. The number of amides is 2. The van der Waals surface area contributed by atoms with Crippen LogP contribution in [-0.2, 0) is 19.1 Å². The Morgan fingerprint density at radius 1 is 1.35 bits per heavy atom. The molecule has 2 saturated heterocycles. The number of morpholine rings is 1. The van der Waals surface area contributed by atoms with Crippen molar-refractivity contribution in [2.24, 2.45) is 5.92 Å². The number of hydrogen-bond donors (Lipinski definition) is 1. The molecule has 0 spiro atoms. The van der Waals surface area contributed by atoms with Gasteiger partial charge in [0.05, 0.1) is 19.1 Å². The molecule has 0 radical (unpaired) electrons. The largest absolute Gasteiger partial charge is 0.479 e. The first kappa shape index (κ1) is 14.8. The zero-order chi connectivity index (χ0) is 14.9. The lowest BCUT2D eigenvalue weighted by molar-refractivity contribution is -0.160. The molecule has 7 heteroatoms. The second-order valence-corrected chi connectivity index (χ2v) is 5.52. The number of likely N-dealkylation sites (tertiary alicyclic amines) is 1. The molecule has 0 aromatic rings. The van der Waals surface area contributed by atoms with Gasteiger partial charge in [-0.05, 0) is 13.8 Å². The molecule has 112 valence electrons. The fourth-order valence-corrected chi connectivity index (χ4v) is 2.65. The maximum atomic E-state index is 12.4. The summed E-state index contributed by atoms with van der Waals surface area (Å²) in [6, 6.07) is 0.0803. The molecule has 2 aliphatic rings. The lowest BCUT2D eigenvalue weighted by atomic mass is 10.1. The number of hydrogen-bond acceptors (Lipinski definition) is 4. The van der Waals surface area contributed by atoms with Crippen LogP contribution in [0.3, 0.4) is 0 Å². The highest BCUT2D eigenvalue weighted by molar-refractivity contribution is 5.89. The third kappa shape index (κ3) is 2.92. The molecular formula is C13H20N2O5. The predicted molar refractivity (Wildman–Crippen MR) is 68.9 cm³/mol. The van der Waals surface area contributed by atoms with E-state index in [1.165, 1.54) is 4.90 Å². The molecule has 0 unspecified atom stereocenters. The van der Waals surface area contributed by atoms with Crippen LogP contribution in [0.15, 0.2) is 0 Å². The molecule has 0 bridgehead atoms. The summed E-state index contributed by atoms with van der Waals surface area (Å²) in [4.78, 5) is 38.3. The molecule has 0 aliphatic carbocycles. The van der Waals surface area contributed by atoms with Crippen molar-refractivity contribution in [1.82, 2.24) is 9.80 Å². The van der Waals surface area contributed by atoms with Crippen molar-refractivity contribution in [2.45, 2.75) is 32.4 Å². The van der Waals surface area contributed by atoms with Crippen LogP contribution in [0.1, 0.15) is 20.3 Å². The topological polar surface area (TPSA) is 87.2 Å². The number of carboxylic acid groups (broad SMARTS) is 1. The number of carbonyl (C=O) groups is 3. The van der Waals surface area contributed by atoms with Gasteiger partial charge in [0.2, 0.25) is 11.8 Å². The summed E-state index contributed by atoms with van der Waals surface area (Å²) in [6.45, 7) is 4.91. The van der Waals surface area contributed by atoms with Crippen LogP contribution < -0.4 is 0 Å². The Balaban J connectivity index is 1.98. The van der Waals surface area contributed by atoms with Crippen LogP contribution in [0.25, 0.3) is 0 Å². The van der Waals surface area contributed by atoms with E-state index in [0.717, 1.165) is 0 Å². The Labute approximate surface area is 117 Å². The van der Waals surface area contributed by atoms with E-state index in [0.29, 0.717) is 13.1 Å². The molecule has 2 heterocycles. The molecule has 0 aromatic carbocycles. The van der Waals surface area contributed by atoms with Gasteiger partial charge in [-0.25, -0.2) is 4.79 Å². The standard InChI is InChI=1S/C13H20N2O5/c1-8(2)15-6-9(5-11(15)16)12(17)14-3-4-20-10(7-14)13(18)19/h8-10H,3-7H2,1-2H3,(H,18,19)/t9-,10-/m0/s1. The van der Waals surface area contributed by atoms with Crippen molar-refractivity contribution in [1.29, 1.82) is 0 Å². The number of carboxylic acids is 1. The van der Waals surface area contributed by atoms with E-state index in [4.69, 9.17) is 9.84 Å². The van der Waals surface area contributed by atoms with Gasteiger partial charge in [-0.3, -0.25) is 9.59 Å². The molecule has 2 rings (SSSR count). The molecule has 2 atom stereocenters. The van der Waals surface area contributed by atoms with E-state index < -0.39 is 12.1 Å². The average Bonchev–Trinajstić information content (AvgIpc) is 2.80. The smallest absolute Gasteiger partial charge is 0.334 e. The molecule has 2 amide bonds. The maximum Gasteiger partial charge on any atom is 0.334 e. The Morgan fingerprint density at radius 3 is 2.60 bits per heavy atom. The molecule has 0 saturated carbocycles. The zero-order valence-corrected chi connectivity index (χ0v) is 11.7. The monoisotopic (exact) mass is 284 g/mol. The minimum atomic E-state index is -1.06. The van der Waals surface area contributed by atoms with Crippen molar-refractivity contribution in [3.8, 4) is 0 Å². The number of ether oxygens (including phenoxy) is 1. The maximum absolute atomic E-state index is 12.4. The average molecular weight is 284 g/mol. The van der Waals surface area contributed by atoms with Crippen LogP contribution in [-0.4, -0.2) is 71.1 Å². The number of carbonyl (C=O) groups excluding carboxylic acids is 2. The van der Waals surface area contributed by atoms with Gasteiger partial charge in [-0.2, -0.15) is 0 Å². The Hall–Kier alpha value is -1.63. The first-order chi connectivity index (χ1) is 9.40. The van der Waals surface area contributed by atoms with Crippen molar-refractivity contribution >= 4 is 17.8 Å². The van der Waals surface area contributed by atoms with Gasteiger partial charge in [-0.1, -0.05) is 0 Å². The summed E-state index contributed by atoms with van der Waals surface area (Å²) in [6.07, 6.45) is -0.752. The first-order valence-electron chi connectivity index (χ1n) is 6.82. The van der Waals surface area contributed by atoms with Gasteiger partial charge in [-0.15, -0.1) is 0 Å². The summed E-state index contributed by atoms with van der Waals surface area (Å²) in [5, 5.41) is 8.93. The quantitative estimate of drug-likeness (QED) is 0.759. The number of rotatable bonds is 3. The fourth-order valence-electron chi connectivity index (χ4n) is 2.65. The van der Waals surface area contributed by atoms with Gasteiger partial charge in [0.25, 0.3) is 0 Å². The van der Waals surface area contributed by atoms with Gasteiger partial charge in [0.1, 0.15) is 0 Å². The molecule has 2 aliphatic heterocycles. The summed E-state index contributed by atoms with van der Waals surface area (Å²) in [5.41, 5.74) is 0. The molecule has 7 nitrogen and oxygen atoms in total. The highest BCUT2D eigenvalue weighted by atomic mass is 16.5. The second kappa shape index (κ2) is 5.78. The molecule has 0 aromatic heterocycles. The highest BCUT2D eigenvalue weighted by Crippen LogP contribution is 2.23. The lowest BCUT2D eigenvalue weighted by Crippen LogP contribution is -2.50. The molecule has 1 N–H and O–H groups in total. The normalized spacial score (nSPS) is 27.2. The predicted octanol–water partition coefficient (Wildman–Crippen LogP) is -0.445. The van der Waals surface area contributed by atoms with E-state index >= 15 is 0 Å². The van der Waals surface area contributed by atoms with Crippen LogP contribution in [0.2, 0.25) is 0 Å². The van der Waals surface area contributed by atoms with Crippen molar-refractivity contribution in [2.75, 3.05) is 26.2 Å². The van der Waals surface area contributed by atoms with Gasteiger partial charge in [0.15, 0.2) is 6.10 Å². The van der Waals surface area contributed by atoms with Crippen LogP contribution >= 0.6 is 0 Å². The van der Waals surface area contributed by atoms with E-state index in [1.807, 2.05) is 13.8 Å². The van der Waals surface area contributed by atoms with Crippen molar-refractivity contribution in [3.63, 3.8) is 0 Å². The number of nitrogens with zero attached hydrogens (tertiary/aromatic N) is 2. The van der Waals surface area contributed by atoms with E-state index in [-0.39, 0.29) is 43.3 Å². The Bertz CT molecular complexity index is 423. The Kier molecular flexibility index (Phi) is 4.27. The van der Waals surface area contributed by atoms with Gasteiger partial charge < -0.3 is 19.6 Å². The van der Waals surface area contributed by atoms with Crippen LogP contribution in [0.4, 0.5) is 0 Å². The van der Waals surface area contributed by atoms with Crippen molar-refractivity contribution in [3.05, 3.63) is 0 Å². The van der Waals surface area contributed by atoms with E-state index in [1.54, 1.807) is 4.90 Å². The minimum Gasteiger partial charge on any atom is -0.479 e. The lowest BCUT2D eigenvalue weighted by Gasteiger charge is -2.32. The molecule has 20 heavy (non-hydrogen) atoms. The summed E-state index contributed by atoms with van der Waals surface area (Å²) < 4.78 is 5.09. The molecule has 2 fully saturated rings. The highest BCUT2D eigenvalue weighted by Gasteiger charge is 2.39. The van der Waals surface area contributed by atoms with Crippen LogP contribution in [0.5, 0.6) is 0 Å². The minimum absolute atomic E-state index is 0.0126. The zero-order valence-electron chi connectivity index (χ0n) is 11.7. The van der Waals surface area contributed by atoms with E-state index in [2.05, 4.69) is 0 Å². The summed E-state index contributed by atoms with van der Waals surface area (Å²) >= 11 is 0. The SMILES string of the molecule is CC(C)N1C[C@@H](C(=O)N2CCO[C@H](C(=O)O)C2)CC1=O. The summed E-state index contributed by atoms with van der Waals surface area (Å²) in [5.74, 6) is -1.58. The first-order valence-corrected chi connectivity index (χ1v) is 6.82. The third-order valence-electron chi connectivity index (χ3n) is 3.78. The van der Waals surface area contributed by atoms with E-state index in [9.17, 15) is 14.4 Å². The van der Waals surface area contributed by atoms with Gasteiger partial charge in [0, 0.05) is 25.6 Å². The van der Waals surface area contributed by atoms with Crippen LogP contribution in [0, 0.1) is 5.92 Å². The third-order valence-corrected chi connectivity index (χ3v) is 3.78. The molecular weight excluding hydrogens is 264 g/mol.